The fourth-order valence-corrected chi connectivity index (χ4v) is 2.35. The van der Waals surface area contributed by atoms with Gasteiger partial charge in [0, 0.05) is 17.5 Å². The Hall–Kier alpha value is -1.88. The standard InChI is InChI=1S/C14H16N2O2S/c1-2-18-13(17)9-8-12-10-19-14(16-12)15-11-6-4-3-5-7-11/h3-7,10H,2,8-9H2,1H3,(H,15,16). The zero-order valence-electron chi connectivity index (χ0n) is 10.8. The lowest BCUT2D eigenvalue weighted by molar-refractivity contribution is -0.143. The molecule has 0 spiro atoms. The molecule has 5 heteroatoms. The van der Waals surface area contributed by atoms with Crippen molar-refractivity contribution < 1.29 is 9.53 Å². The molecule has 0 aliphatic heterocycles. The summed E-state index contributed by atoms with van der Waals surface area (Å²) in [6, 6.07) is 9.88. The van der Waals surface area contributed by atoms with Gasteiger partial charge in [0.25, 0.3) is 0 Å². The van der Waals surface area contributed by atoms with Crippen molar-refractivity contribution in [2.45, 2.75) is 19.8 Å². The lowest BCUT2D eigenvalue weighted by Crippen LogP contribution is -2.05. The second-order valence-electron chi connectivity index (χ2n) is 3.94. The van der Waals surface area contributed by atoms with Crippen LogP contribution in [0.4, 0.5) is 10.8 Å². The molecule has 0 aliphatic rings. The molecule has 0 amide bonds. The van der Waals surface area contributed by atoms with Crippen molar-refractivity contribution in [3.63, 3.8) is 0 Å². The number of benzene rings is 1. The minimum atomic E-state index is -0.173. The van der Waals surface area contributed by atoms with E-state index in [0.29, 0.717) is 19.4 Å². The minimum absolute atomic E-state index is 0.173. The number of nitrogens with one attached hydrogen (secondary N) is 1. The Labute approximate surface area is 116 Å². The van der Waals surface area contributed by atoms with Crippen LogP contribution in [0.2, 0.25) is 0 Å². The van der Waals surface area contributed by atoms with Crippen LogP contribution in [0.1, 0.15) is 19.0 Å². The molecule has 1 aromatic heterocycles. The number of nitrogens with zero attached hydrogens (tertiary/aromatic N) is 1. The first kappa shape index (κ1) is 13.5. The fraction of sp³-hybridized carbons (Fsp3) is 0.286. The van der Waals surface area contributed by atoms with Gasteiger partial charge in [-0.05, 0) is 19.1 Å². The van der Waals surface area contributed by atoms with Crippen LogP contribution in [0.5, 0.6) is 0 Å². The highest BCUT2D eigenvalue weighted by molar-refractivity contribution is 7.13. The largest absolute Gasteiger partial charge is 0.466 e. The number of rotatable bonds is 6. The molecule has 0 saturated carbocycles. The second kappa shape index (κ2) is 6.89. The molecule has 100 valence electrons. The number of aromatic nitrogens is 1. The van der Waals surface area contributed by atoms with Crippen molar-refractivity contribution in [3.05, 3.63) is 41.4 Å². The van der Waals surface area contributed by atoms with Gasteiger partial charge in [0.1, 0.15) is 0 Å². The van der Waals surface area contributed by atoms with Gasteiger partial charge in [-0.25, -0.2) is 4.98 Å². The van der Waals surface area contributed by atoms with Gasteiger partial charge in [-0.1, -0.05) is 18.2 Å². The summed E-state index contributed by atoms with van der Waals surface area (Å²) in [5.74, 6) is -0.173. The van der Waals surface area contributed by atoms with Crippen molar-refractivity contribution in [2.75, 3.05) is 11.9 Å². The minimum Gasteiger partial charge on any atom is -0.466 e. The van der Waals surface area contributed by atoms with Gasteiger partial charge in [-0.2, -0.15) is 0 Å². The van der Waals surface area contributed by atoms with E-state index in [9.17, 15) is 4.79 Å². The second-order valence-corrected chi connectivity index (χ2v) is 4.80. The Balaban J connectivity index is 1.87. The first-order valence-electron chi connectivity index (χ1n) is 6.20. The third-order valence-corrected chi connectivity index (χ3v) is 3.27. The number of carbonyl (C=O) groups excluding carboxylic acids is 1. The monoisotopic (exact) mass is 276 g/mol. The fourth-order valence-electron chi connectivity index (χ4n) is 1.59. The van der Waals surface area contributed by atoms with E-state index in [-0.39, 0.29) is 5.97 Å². The number of hydrogen-bond donors (Lipinski definition) is 1. The Morgan fingerprint density at radius 1 is 1.37 bits per heavy atom. The zero-order valence-corrected chi connectivity index (χ0v) is 11.6. The van der Waals surface area contributed by atoms with E-state index in [1.165, 1.54) is 11.3 Å². The summed E-state index contributed by atoms with van der Waals surface area (Å²) in [6.45, 7) is 2.24. The van der Waals surface area contributed by atoms with Crippen LogP contribution >= 0.6 is 11.3 Å². The highest BCUT2D eigenvalue weighted by atomic mass is 32.1. The molecule has 0 radical (unpaired) electrons. The van der Waals surface area contributed by atoms with Crippen molar-refractivity contribution in [1.29, 1.82) is 0 Å². The summed E-state index contributed by atoms with van der Waals surface area (Å²) in [5, 5.41) is 6.03. The Morgan fingerprint density at radius 2 is 2.16 bits per heavy atom. The molecule has 0 unspecified atom stereocenters. The topological polar surface area (TPSA) is 51.2 Å². The molecule has 1 heterocycles. The lowest BCUT2D eigenvalue weighted by atomic mass is 10.2. The maximum Gasteiger partial charge on any atom is 0.306 e. The van der Waals surface area contributed by atoms with Crippen LogP contribution in [-0.4, -0.2) is 17.6 Å². The maximum absolute atomic E-state index is 11.3. The molecule has 1 aromatic carbocycles. The average molecular weight is 276 g/mol. The summed E-state index contributed by atoms with van der Waals surface area (Å²) in [7, 11) is 0. The summed E-state index contributed by atoms with van der Waals surface area (Å²) < 4.78 is 4.89. The highest BCUT2D eigenvalue weighted by Crippen LogP contribution is 2.21. The normalized spacial score (nSPS) is 10.2. The summed E-state index contributed by atoms with van der Waals surface area (Å²) in [5.41, 5.74) is 1.92. The molecule has 1 N–H and O–H groups in total. The van der Waals surface area contributed by atoms with Crippen LogP contribution in [0.3, 0.4) is 0 Å². The average Bonchev–Trinajstić information content (AvgIpc) is 2.86. The number of ether oxygens (including phenoxy) is 1. The van der Waals surface area contributed by atoms with Crippen LogP contribution in [0, 0.1) is 0 Å². The third-order valence-electron chi connectivity index (χ3n) is 2.47. The predicted octanol–water partition coefficient (Wildman–Crippen LogP) is 3.38. The third kappa shape index (κ3) is 4.37. The van der Waals surface area contributed by atoms with Gasteiger partial charge in [0.2, 0.25) is 0 Å². The van der Waals surface area contributed by atoms with E-state index < -0.39 is 0 Å². The first-order valence-corrected chi connectivity index (χ1v) is 7.08. The van der Waals surface area contributed by atoms with Crippen molar-refractivity contribution in [1.82, 2.24) is 4.98 Å². The SMILES string of the molecule is CCOC(=O)CCc1csc(Nc2ccccc2)n1. The van der Waals surface area contributed by atoms with Crippen molar-refractivity contribution in [3.8, 4) is 0 Å². The molecular formula is C14H16N2O2S. The van der Waals surface area contributed by atoms with E-state index in [1.807, 2.05) is 42.6 Å². The van der Waals surface area contributed by atoms with Gasteiger partial charge in [-0.15, -0.1) is 11.3 Å². The van der Waals surface area contributed by atoms with E-state index in [0.717, 1.165) is 16.5 Å². The lowest BCUT2D eigenvalue weighted by Gasteiger charge is -2.01. The van der Waals surface area contributed by atoms with E-state index in [2.05, 4.69) is 10.3 Å². The molecular weight excluding hydrogens is 260 g/mol. The molecule has 0 fully saturated rings. The number of para-hydroxylation sites is 1. The summed E-state index contributed by atoms with van der Waals surface area (Å²) in [6.07, 6.45) is 0.994. The molecule has 0 atom stereocenters. The summed E-state index contributed by atoms with van der Waals surface area (Å²) >= 11 is 1.54. The number of esters is 1. The molecule has 0 saturated heterocycles. The van der Waals surface area contributed by atoms with E-state index >= 15 is 0 Å². The van der Waals surface area contributed by atoms with Gasteiger partial charge < -0.3 is 10.1 Å². The molecule has 19 heavy (non-hydrogen) atoms. The molecule has 0 aliphatic carbocycles. The maximum atomic E-state index is 11.3. The number of carbonyl (C=O) groups is 1. The van der Waals surface area contributed by atoms with Crippen LogP contribution in [0.15, 0.2) is 35.7 Å². The number of thiazole rings is 1. The highest BCUT2D eigenvalue weighted by Gasteiger charge is 2.06. The van der Waals surface area contributed by atoms with Crippen LogP contribution in [0.25, 0.3) is 0 Å². The number of anilines is 2. The van der Waals surface area contributed by atoms with Crippen molar-refractivity contribution >= 4 is 28.1 Å². The van der Waals surface area contributed by atoms with E-state index in [4.69, 9.17) is 4.74 Å². The molecule has 4 nitrogen and oxygen atoms in total. The van der Waals surface area contributed by atoms with Crippen molar-refractivity contribution in [2.24, 2.45) is 0 Å². The number of aryl methyl sites for hydroxylation is 1. The van der Waals surface area contributed by atoms with Crippen LogP contribution in [-0.2, 0) is 16.0 Å². The quantitative estimate of drug-likeness (QED) is 0.822. The van der Waals surface area contributed by atoms with E-state index in [1.54, 1.807) is 0 Å². The molecule has 2 aromatic rings. The number of hydrogen-bond acceptors (Lipinski definition) is 5. The zero-order chi connectivity index (χ0) is 13.5. The Bertz CT molecular complexity index is 525. The van der Waals surface area contributed by atoms with Gasteiger partial charge in [0.15, 0.2) is 5.13 Å². The van der Waals surface area contributed by atoms with Crippen LogP contribution < -0.4 is 5.32 Å². The Morgan fingerprint density at radius 3 is 2.89 bits per heavy atom. The Kier molecular flexibility index (Phi) is 4.92. The van der Waals surface area contributed by atoms with Gasteiger partial charge in [-0.3, -0.25) is 4.79 Å². The molecule has 2 rings (SSSR count). The predicted molar refractivity (Wildman–Crippen MR) is 76.8 cm³/mol. The smallest absolute Gasteiger partial charge is 0.306 e. The summed E-state index contributed by atoms with van der Waals surface area (Å²) in [4.78, 5) is 15.7. The van der Waals surface area contributed by atoms with Gasteiger partial charge in [0.05, 0.1) is 18.7 Å². The first-order chi connectivity index (χ1) is 9.28. The van der Waals surface area contributed by atoms with Gasteiger partial charge >= 0.3 is 5.97 Å². The molecule has 0 bridgehead atoms.